The van der Waals surface area contributed by atoms with Gasteiger partial charge in [0.15, 0.2) is 0 Å². The van der Waals surface area contributed by atoms with Gasteiger partial charge in [-0.15, -0.1) is 11.3 Å². The Morgan fingerprint density at radius 3 is 2.43 bits per heavy atom. The Balaban J connectivity index is 1.96. The molecular weight excluding hydrogens is 337 g/mol. The maximum Gasteiger partial charge on any atom is 0.264 e. The number of hydrogen-bond acceptors (Lipinski definition) is 4. The second-order valence-electron chi connectivity index (χ2n) is 4.19. The topological polar surface area (TPSA) is 63.2 Å². The average Bonchev–Trinajstić information content (AvgIpc) is 2.82. The number of hydrogen-bond donors (Lipinski definition) is 1. The summed E-state index contributed by atoms with van der Waals surface area (Å²) < 4.78 is 39.1. The van der Waals surface area contributed by atoms with Gasteiger partial charge in [0.05, 0.1) is 9.23 Å². The fourth-order valence-corrected chi connectivity index (χ4v) is 3.70. The van der Waals surface area contributed by atoms with Gasteiger partial charge in [-0.25, -0.2) is 17.5 Å². The van der Waals surface area contributed by atoms with Gasteiger partial charge in [0.25, 0.3) is 10.0 Å². The number of sulfonamides is 1. The highest BCUT2D eigenvalue weighted by Gasteiger charge is 2.17. The minimum atomic E-state index is -3.96. The van der Waals surface area contributed by atoms with E-state index < -0.39 is 21.7 Å². The van der Waals surface area contributed by atoms with E-state index >= 15 is 0 Å². The van der Waals surface area contributed by atoms with Gasteiger partial charge in [0.2, 0.25) is 5.91 Å². The van der Waals surface area contributed by atoms with E-state index in [4.69, 9.17) is 11.6 Å². The summed E-state index contributed by atoms with van der Waals surface area (Å²) in [5, 5.41) is 0. The third-order valence-corrected chi connectivity index (χ3v) is 5.28. The molecule has 0 atom stereocenters. The summed E-state index contributed by atoms with van der Waals surface area (Å²) in [5.74, 6) is -1.17. The maximum absolute atomic E-state index is 12.8. The van der Waals surface area contributed by atoms with E-state index in [0.29, 0.717) is 10.8 Å². The number of halogens is 2. The number of carbonyl (C=O) groups excluding carboxylic acids is 1. The summed E-state index contributed by atoms with van der Waals surface area (Å²) in [7, 11) is -3.96. The van der Waals surface area contributed by atoms with Crippen LogP contribution in [0.15, 0.2) is 41.3 Å². The van der Waals surface area contributed by atoms with Crippen LogP contribution in [0.2, 0.25) is 4.34 Å². The lowest BCUT2D eigenvalue weighted by Crippen LogP contribution is -2.30. The first-order chi connectivity index (χ1) is 9.87. The number of aryl methyl sites for hydroxylation is 1. The van der Waals surface area contributed by atoms with Crippen LogP contribution in [0, 0.1) is 5.82 Å². The Morgan fingerprint density at radius 2 is 1.86 bits per heavy atom. The molecule has 0 bridgehead atoms. The van der Waals surface area contributed by atoms with E-state index in [-0.39, 0.29) is 11.3 Å². The molecule has 2 aromatic rings. The number of carbonyl (C=O) groups is 1. The van der Waals surface area contributed by atoms with Crippen LogP contribution in [0.3, 0.4) is 0 Å². The molecule has 21 heavy (non-hydrogen) atoms. The lowest BCUT2D eigenvalue weighted by molar-refractivity contribution is -0.119. The van der Waals surface area contributed by atoms with Gasteiger partial charge in [-0.3, -0.25) is 4.79 Å². The molecule has 1 aromatic heterocycles. The zero-order valence-electron chi connectivity index (χ0n) is 10.7. The normalized spacial score (nSPS) is 11.3. The van der Waals surface area contributed by atoms with Crippen LogP contribution in [0.1, 0.15) is 11.3 Å². The summed E-state index contributed by atoms with van der Waals surface area (Å²) in [6.45, 7) is 0. The maximum atomic E-state index is 12.8. The Bertz CT molecular complexity index is 741. The van der Waals surface area contributed by atoms with Crippen LogP contribution in [-0.2, 0) is 21.2 Å². The minimum Gasteiger partial charge on any atom is -0.274 e. The fourth-order valence-electron chi connectivity index (χ4n) is 1.60. The molecule has 0 spiro atoms. The van der Waals surface area contributed by atoms with Crippen molar-refractivity contribution in [2.75, 3.05) is 0 Å². The number of thiophene rings is 1. The Hall–Kier alpha value is -1.44. The number of benzene rings is 1. The predicted octanol–water partition coefficient (Wildman–Crippen LogP) is 2.98. The molecule has 1 aromatic carbocycles. The summed E-state index contributed by atoms with van der Waals surface area (Å²) in [5.41, 5.74) is 0. The van der Waals surface area contributed by atoms with Crippen molar-refractivity contribution in [3.05, 3.63) is 51.4 Å². The second kappa shape index (κ2) is 6.55. The van der Waals surface area contributed by atoms with Crippen molar-refractivity contribution in [1.29, 1.82) is 0 Å². The molecule has 1 heterocycles. The third kappa shape index (κ3) is 4.52. The molecule has 1 N–H and O–H groups in total. The number of amides is 1. The first-order valence-corrected chi connectivity index (χ1v) is 8.60. The van der Waals surface area contributed by atoms with Gasteiger partial charge in [0.1, 0.15) is 5.82 Å². The van der Waals surface area contributed by atoms with Gasteiger partial charge < -0.3 is 0 Å². The van der Waals surface area contributed by atoms with Crippen molar-refractivity contribution in [3.8, 4) is 0 Å². The summed E-state index contributed by atoms with van der Waals surface area (Å²) in [6.07, 6.45) is 0.430. The zero-order valence-corrected chi connectivity index (χ0v) is 13.1. The SMILES string of the molecule is O=C(CCc1ccc(Cl)s1)NS(=O)(=O)c1ccc(F)cc1. The van der Waals surface area contributed by atoms with Gasteiger partial charge >= 0.3 is 0 Å². The van der Waals surface area contributed by atoms with Crippen molar-refractivity contribution in [2.24, 2.45) is 0 Å². The van der Waals surface area contributed by atoms with Gasteiger partial charge in [-0.1, -0.05) is 11.6 Å². The average molecular weight is 348 g/mol. The molecule has 112 valence electrons. The molecule has 8 heteroatoms. The molecule has 1 amide bonds. The van der Waals surface area contributed by atoms with E-state index in [1.54, 1.807) is 12.1 Å². The number of nitrogens with one attached hydrogen (secondary N) is 1. The van der Waals surface area contributed by atoms with Crippen molar-refractivity contribution in [1.82, 2.24) is 4.72 Å². The highest BCUT2D eigenvalue weighted by Crippen LogP contribution is 2.22. The van der Waals surface area contributed by atoms with Crippen LogP contribution >= 0.6 is 22.9 Å². The van der Waals surface area contributed by atoms with E-state index in [1.165, 1.54) is 11.3 Å². The molecule has 0 aliphatic heterocycles. The van der Waals surface area contributed by atoms with E-state index in [2.05, 4.69) is 0 Å². The highest BCUT2D eigenvalue weighted by atomic mass is 35.5. The molecular formula is C13H11ClFNO3S2. The molecule has 0 radical (unpaired) electrons. The summed E-state index contributed by atoms with van der Waals surface area (Å²) in [4.78, 5) is 12.4. The van der Waals surface area contributed by atoms with Crippen molar-refractivity contribution >= 4 is 38.9 Å². The Labute approximate surface area is 130 Å². The molecule has 2 rings (SSSR count). The molecule has 0 aliphatic carbocycles. The van der Waals surface area contributed by atoms with Crippen LogP contribution in [0.5, 0.6) is 0 Å². The highest BCUT2D eigenvalue weighted by molar-refractivity contribution is 7.90. The summed E-state index contributed by atoms with van der Waals surface area (Å²) in [6, 6.07) is 7.75. The van der Waals surface area contributed by atoms with E-state index in [9.17, 15) is 17.6 Å². The molecule has 0 aliphatic rings. The second-order valence-corrected chi connectivity index (χ2v) is 7.67. The van der Waals surface area contributed by atoms with Gasteiger partial charge in [0, 0.05) is 11.3 Å². The van der Waals surface area contributed by atoms with Gasteiger partial charge in [-0.2, -0.15) is 0 Å². The first kappa shape index (κ1) is 15.9. The van der Waals surface area contributed by atoms with Crippen molar-refractivity contribution in [2.45, 2.75) is 17.7 Å². The first-order valence-electron chi connectivity index (χ1n) is 5.92. The smallest absolute Gasteiger partial charge is 0.264 e. The van der Waals surface area contributed by atoms with Crippen molar-refractivity contribution < 1.29 is 17.6 Å². The lowest BCUT2D eigenvalue weighted by Gasteiger charge is -2.06. The largest absolute Gasteiger partial charge is 0.274 e. The van der Waals surface area contributed by atoms with Crippen LogP contribution < -0.4 is 4.72 Å². The lowest BCUT2D eigenvalue weighted by atomic mass is 10.2. The van der Waals surface area contributed by atoms with Crippen molar-refractivity contribution in [3.63, 3.8) is 0 Å². The third-order valence-electron chi connectivity index (χ3n) is 2.60. The standard InChI is InChI=1S/C13H11ClFNO3S2/c14-12-7-3-10(20-12)4-8-13(17)16-21(18,19)11-5-1-9(15)2-6-11/h1-3,5-7H,4,8H2,(H,16,17). The summed E-state index contributed by atoms with van der Waals surface area (Å²) >= 11 is 7.11. The molecule has 0 saturated heterocycles. The molecule has 4 nitrogen and oxygen atoms in total. The van der Waals surface area contributed by atoms with Crippen LogP contribution in [0.25, 0.3) is 0 Å². The van der Waals surface area contributed by atoms with Gasteiger partial charge in [-0.05, 0) is 42.8 Å². The zero-order chi connectivity index (χ0) is 15.5. The number of rotatable bonds is 5. The van der Waals surface area contributed by atoms with Crippen LogP contribution in [-0.4, -0.2) is 14.3 Å². The monoisotopic (exact) mass is 347 g/mol. The molecule has 0 saturated carbocycles. The predicted molar refractivity (Wildman–Crippen MR) is 79.4 cm³/mol. The van der Waals surface area contributed by atoms with E-state index in [0.717, 1.165) is 29.1 Å². The van der Waals surface area contributed by atoms with Crippen LogP contribution in [0.4, 0.5) is 4.39 Å². The Morgan fingerprint density at radius 1 is 1.19 bits per heavy atom. The van der Waals surface area contributed by atoms with E-state index in [1.807, 2.05) is 4.72 Å². The molecule has 0 fully saturated rings. The molecule has 0 unspecified atom stereocenters. The fraction of sp³-hybridized carbons (Fsp3) is 0.154. The minimum absolute atomic E-state index is 0.0251. The Kier molecular flexibility index (Phi) is 4.97. The quantitative estimate of drug-likeness (QED) is 0.904.